The smallest absolute Gasteiger partial charge is 0.330 e. The quantitative estimate of drug-likeness (QED) is 0.142. The van der Waals surface area contributed by atoms with E-state index in [0.717, 1.165) is 50.6 Å². The van der Waals surface area contributed by atoms with E-state index in [1.165, 1.54) is 68.1 Å². The van der Waals surface area contributed by atoms with Crippen molar-refractivity contribution in [2.24, 2.45) is 0 Å². The van der Waals surface area contributed by atoms with Gasteiger partial charge in [0.25, 0.3) is 0 Å². The first-order chi connectivity index (χ1) is 17.7. The highest BCUT2D eigenvalue weighted by Gasteiger charge is 2.24. The van der Waals surface area contributed by atoms with Gasteiger partial charge >= 0.3 is 5.97 Å². The third-order valence-corrected chi connectivity index (χ3v) is 7.51. The van der Waals surface area contributed by atoms with Crippen LogP contribution in [0.4, 0.5) is 0 Å². The molecule has 3 rings (SSSR count). The van der Waals surface area contributed by atoms with Crippen molar-refractivity contribution in [3.8, 4) is 11.3 Å². The molecule has 0 aliphatic heterocycles. The Bertz CT molecular complexity index is 892. The molecule has 0 amide bonds. The summed E-state index contributed by atoms with van der Waals surface area (Å²) in [4.78, 5) is 16.9. The van der Waals surface area contributed by atoms with Crippen molar-refractivity contribution in [3.63, 3.8) is 0 Å². The van der Waals surface area contributed by atoms with E-state index in [-0.39, 0.29) is 12.1 Å². The fourth-order valence-electron chi connectivity index (χ4n) is 5.19. The number of benzene rings is 1. The Morgan fingerprint density at radius 3 is 2.25 bits per heavy atom. The van der Waals surface area contributed by atoms with Gasteiger partial charge in [0.2, 0.25) is 0 Å². The van der Waals surface area contributed by atoms with Crippen LogP contribution in [0, 0.1) is 0 Å². The minimum atomic E-state index is -0.169. The maximum absolute atomic E-state index is 12.2. The first-order valence-electron chi connectivity index (χ1n) is 14.6. The number of aromatic nitrogens is 1. The van der Waals surface area contributed by atoms with E-state index in [1.807, 2.05) is 12.3 Å². The minimum Gasteiger partial charge on any atom is -0.459 e. The second-order valence-corrected chi connectivity index (χ2v) is 10.5. The Morgan fingerprint density at radius 1 is 0.861 bits per heavy atom. The van der Waals surface area contributed by atoms with Crippen LogP contribution in [0.5, 0.6) is 0 Å². The number of carbonyl (C=O) groups excluding carboxylic acids is 1. The summed E-state index contributed by atoms with van der Waals surface area (Å²) in [7, 11) is 0. The van der Waals surface area contributed by atoms with Gasteiger partial charge in [-0.2, -0.15) is 0 Å². The van der Waals surface area contributed by atoms with Crippen molar-refractivity contribution < 1.29 is 9.53 Å². The summed E-state index contributed by atoms with van der Waals surface area (Å²) in [5.41, 5.74) is 4.93. The van der Waals surface area contributed by atoms with E-state index in [9.17, 15) is 4.79 Å². The molecule has 0 saturated heterocycles. The van der Waals surface area contributed by atoms with Gasteiger partial charge in [0.05, 0.1) is 5.69 Å². The molecule has 1 heterocycles. The molecule has 0 bridgehead atoms. The first kappa shape index (κ1) is 28.2. The summed E-state index contributed by atoms with van der Waals surface area (Å²) in [6.07, 6.45) is 23.3. The average Bonchev–Trinajstić information content (AvgIpc) is 2.91. The molecule has 3 heteroatoms. The number of hydrogen-bond acceptors (Lipinski definition) is 3. The lowest BCUT2D eigenvalue weighted by Gasteiger charge is -2.28. The highest BCUT2D eigenvalue weighted by Crippen LogP contribution is 2.35. The zero-order chi connectivity index (χ0) is 25.4. The Hall–Kier alpha value is -2.42. The molecule has 196 valence electrons. The van der Waals surface area contributed by atoms with Crippen LogP contribution in [0.2, 0.25) is 0 Å². The molecule has 1 aromatic heterocycles. The number of nitrogens with zero attached hydrogens (tertiary/aromatic N) is 1. The maximum atomic E-state index is 12.2. The monoisotopic (exact) mass is 489 g/mol. The summed E-state index contributed by atoms with van der Waals surface area (Å²) in [5.74, 6) is 0.379. The molecule has 3 nitrogen and oxygen atoms in total. The predicted octanol–water partition coefficient (Wildman–Crippen LogP) is 9.36. The largest absolute Gasteiger partial charge is 0.459 e. The molecule has 0 radical (unpaired) electrons. The Labute approximate surface area is 219 Å². The molecular weight excluding hydrogens is 442 g/mol. The van der Waals surface area contributed by atoms with Gasteiger partial charge in [0, 0.05) is 17.8 Å². The Balaban J connectivity index is 1.36. The number of allylic oxidation sites excluding steroid dienone is 1. The molecule has 36 heavy (non-hydrogen) atoms. The van der Waals surface area contributed by atoms with E-state index in [4.69, 9.17) is 9.72 Å². The van der Waals surface area contributed by atoms with Crippen LogP contribution in [-0.2, 0) is 16.0 Å². The summed E-state index contributed by atoms with van der Waals surface area (Å²) < 4.78 is 5.72. The molecule has 1 aromatic carbocycles. The topological polar surface area (TPSA) is 39.2 Å². The van der Waals surface area contributed by atoms with Crippen LogP contribution in [0.1, 0.15) is 121 Å². The standard InChI is InChI=1S/C33H47NO2/c1-3-5-7-8-9-10-11-13-15-33(35)36-31-23-21-29(22-24-31)28-17-19-30(20-18-28)32-25-16-27(26-34-32)14-12-6-4-2/h13,15-20,25-26,29,31H,3-12,14,21-24H2,1-2H3/b15-13+. The van der Waals surface area contributed by atoms with Crippen molar-refractivity contribution in [2.75, 3.05) is 0 Å². The van der Waals surface area contributed by atoms with E-state index >= 15 is 0 Å². The number of pyridine rings is 1. The summed E-state index contributed by atoms with van der Waals surface area (Å²) in [6, 6.07) is 13.3. The predicted molar refractivity (Wildman–Crippen MR) is 151 cm³/mol. The number of hydrogen-bond donors (Lipinski definition) is 0. The fourth-order valence-corrected chi connectivity index (χ4v) is 5.19. The van der Waals surface area contributed by atoms with Gasteiger partial charge in [-0.25, -0.2) is 4.79 Å². The number of ether oxygens (including phenoxy) is 1. The second-order valence-electron chi connectivity index (χ2n) is 10.5. The van der Waals surface area contributed by atoms with E-state index in [2.05, 4.69) is 50.2 Å². The van der Waals surface area contributed by atoms with Crippen LogP contribution in [0.15, 0.2) is 54.7 Å². The second kappa shape index (κ2) is 16.3. The van der Waals surface area contributed by atoms with Gasteiger partial charge in [0.1, 0.15) is 6.10 Å². The summed E-state index contributed by atoms with van der Waals surface area (Å²) in [5, 5.41) is 0. The van der Waals surface area contributed by atoms with Crippen molar-refractivity contribution in [1.82, 2.24) is 4.98 Å². The summed E-state index contributed by atoms with van der Waals surface area (Å²) in [6.45, 7) is 4.48. The van der Waals surface area contributed by atoms with Gasteiger partial charge in [-0.15, -0.1) is 0 Å². The third-order valence-electron chi connectivity index (χ3n) is 7.51. The highest BCUT2D eigenvalue weighted by molar-refractivity contribution is 5.82. The maximum Gasteiger partial charge on any atom is 0.330 e. The number of esters is 1. The van der Waals surface area contributed by atoms with Gasteiger partial charge in [-0.1, -0.05) is 95.2 Å². The molecule has 1 fully saturated rings. The lowest BCUT2D eigenvalue weighted by atomic mass is 9.82. The van der Waals surface area contributed by atoms with Crippen LogP contribution >= 0.6 is 0 Å². The van der Waals surface area contributed by atoms with Crippen molar-refractivity contribution in [1.29, 1.82) is 0 Å². The van der Waals surface area contributed by atoms with Gasteiger partial charge in [-0.3, -0.25) is 4.98 Å². The van der Waals surface area contributed by atoms with Gasteiger partial charge in [-0.05, 0) is 74.5 Å². The lowest BCUT2D eigenvalue weighted by molar-refractivity contribution is -0.144. The average molecular weight is 490 g/mol. The molecule has 1 saturated carbocycles. The van der Waals surface area contributed by atoms with E-state index < -0.39 is 0 Å². The molecule has 2 aromatic rings. The zero-order valence-corrected chi connectivity index (χ0v) is 22.7. The first-order valence-corrected chi connectivity index (χ1v) is 14.6. The molecule has 0 atom stereocenters. The fraction of sp³-hybridized carbons (Fsp3) is 0.576. The van der Waals surface area contributed by atoms with Crippen LogP contribution in [-0.4, -0.2) is 17.1 Å². The molecular formula is C33H47NO2. The number of unbranched alkanes of at least 4 members (excludes halogenated alkanes) is 8. The molecule has 0 spiro atoms. The molecule has 0 unspecified atom stereocenters. The lowest BCUT2D eigenvalue weighted by Crippen LogP contribution is -2.23. The minimum absolute atomic E-state index is 0.0618. The SMILES string of the molecule is CCCCCCCC/C=C/C(=O)OC1CCC(c2ccc(-c3ccc(CCCCC)cn3)cc2)CC1. The number of carbonyl (C=O) groups is 1. The highest BCUT2D eigenvalue weighted by atomic mass is 16.5. The Kier molecular flexibility index (Phi) is 12.8. The van der Waals surface area contributed by atoms with Crippen LogP contribution < -0.4 is 0 Å². The van der Waals surface area contributed by atoms with E-state index in [1.54, 1.807) is 6.08 Å². The Morgan fingerprint density at radius 2 is 1.56 bits per heavy atom. The van der Waals surface area contributed by atoms with Gasteiger partial charge < -0.3 is 4.74 Å². The summed E-state index contributed by atoms with van der Waals surface area (Å²) >= 11 is 0. The molecule has 1 aliphatic carbocycles. The molecule has 0 N–H and O–H groups in total. The van der Waals surface area contributed by atoms with E-state index in [0.29, 0.717) is 5.92 Å². The third kappa shape index (κ3) is 9.91. The number of rotatable bonds is 15. The zero-order valence-electron chi connectivity index (χ0n) is 22.7. The number of aryl methyl sites for hydroxylation is 1. The van der Waals surface area contributed by atoms with Crippen LogP contribution in [0.25, 0.3) is 11.3 Å². The van der Waals surface area contributed by atoms with Crippen LogP contribution in [0.3, 0.4) is 0 Å². The van der Waals surface area contributed by atoms with Crippen molar-refractivity contribution in [3.05, 3.63) is 65.9 Å². The van der Waals surface area contributed by atoms with Crippen molar-refractivity contribution >= 4 is 5.97 Å². The van der Waals surface area contributed by atoms with Gasteiger partial charge in [0.15, 0.2) is 0 Å². The molecule has 1 aliphatic rings. The normalized spacial score (nSPS) is 17.9. The van der Waals surface area contributed by atoms with Crippen molar-refractivity contribution in [2.45, 2.75) is 122 Å².